The molecular formula is C15H32N2. The first kappa shape index (κ1) is 15.0. The summed E-state index contributed by atoms with van der Waals surface area (Å²) in [4.78, 5) is 2.73. The fourth-order valence-corrected chi connectivity index (χ4v) is 2.86. The van der Waals surface area contributed by atoms with E-state index in [2.05, 4.69) is 51.8 Å². The second-order valence-corrected chi connectivity index (χ2v) is 6.86. The third kappa shape index (κ3) is 3.96. The van der Waals surface area contributed by atoms with Crippen LogP contribution in [0.15, 0.2) is 0 Å². The Morgan fingerprint density at radius 3 is 2.41 bits per heavy atom. The molecule has 0 spiro atoms. The number of hydrogen-bond acceptors (Lipinski definition) is 2. The van der Waals surface area contributed by atoms with E-state index in [4.69, 9.17) is 0 Å². The summed E-state index contributed by atoms with van der Waals surface area (Å²) in [6, 6.07) is 0. The molecule has 1 rings (SSSR count). The number of rotatable bonds is 5. The summed E-state index contributed by atoms with van der Waals surface area (Å²) >= 11 is 0. The predicted octanol–water partition coefficient (Wildman–Crippen LogP) is 3.28. The van der Waals surface area contributed by atoms with Crippen LogP contribution in [0.4, 0.5) is 0 Å². The largest absolute Gasteiger partial charge is 0.309 e. The number of nitrogens with one attached hydrogen (secondary N) is 1. The average molecular weight is 240 g/mol. The molecule has 0 aromatic carbocycles. The van der Waals surface area contributed by atoms with Crippen LogP contribution in [0.25, 0.3) is 0 Å². The molecule has 1 aliphatic heterocycles. The fraction of sp³-hybridized carbons (Fsp3) is 1.00. The lowest BCUT2D eigenvalue weighted by atomic mass is 9.86. The van der Waals surface area contributed by atoms with Gasteiger partial charge in [-0.05, 0) is 39.5 Å². The monoisotopic (exact) mass is 240 g/mol. The molecule has 2 heteroatoms. The summed E-state index contributed by atoms with van der Waals surface area (Å²) in [5.74, 6) is 0.819. The topological polar surface area (TPSA) is 15.3 Å². The molecule has 0 bridgehead atoms. The lowest BCUT2D eigenvalue weighted by molar-refractivity contribution is 0.0130. The van der Waals surface area contributed by atoms with Gasteiger partial charge in [0.15, 0.2) is 0 Å². The molecule has 0 radical (unpaired) electrons. The van der Waals surface area contributed by atoms with Crippen LogP contribution in [0.5, 0.6) is 0 Å². The Balaban J connectivity index is 2.68. The number of piperazine rings is 1. The van der Waals surface area contributed by atoms with Crippen molar-refractivity contribution in [3.8, 4) is 0 Å². The van der Waals surface area contributed by atoms with Crippen LogP contribution in [0.1, 0.15) is 60.8 Å². The highest BCUT2D eigenvalue weighted by Crippen LogP contribution is 2.28. The highest BCUT2D eigenvalue weighted by molar-refractivity contribution is 4.99. The van der Waals surface area contributed by atoms with Gasteiger partial charge in [0.25, 0.3) is 0 Å². The van der Waals surface area contributed by atoms with E-state index in [1.807, 2.05) is 0 Å². The van der Waals surface area contributed by atoms with E-state index in [1.54, 1.807) is 0 Å². The van der Waals surface area contributed by atoms with Crippen LogP contribution in [0.2, 0.25) is 0 Å². The van der Waals surface area contributed by atoms with Gasteiger partial charge in [-0.25, -0.2) is 0 Å². The minimum absolute atomic E-state index is 0.264. The van der Waals surface area contributed by atoms with E-state index in [0.717, 1.165) is 12.5 Å². The normalized spacial score (nSPS) is 31.4. The summed E-state index contributed by atoms with van der Waals surface area (Å²) in [6.07, 6.45) is 3.89. The summed E-state index contributed by atoms with van der Waals surface area (Å²) in [5.41, 5.74) is 0.609. The molecule has 2 nitrogen and oxygen atoms in total. The van der Waals surface area contributed by atoms with Gasteiger partial charge in [-0.3, -0.25) is 4.90 Å². The van der Waals surface area contributed by atoms with Crippen molar-refractivity contribution in [2.75, 3.05) is 19.6 Å². The van der Waals surface area contributed by atoms with Gasteiger partial charge < -0.3 is 5.32 Å². The molecule has 0 aromatic heterocycles. The van der Waals surface area contributed by atoms with Gasteiger partial charge in [0.1, 0.15) is 0 Å². The summed E-state index contributed by atoms with van der Waals surface area (Å²) in [7, 11) is 0. The standard InChI is InChI=1S/C15H32N2/c1-7-9-13(3)10-17-12-14(4,5)16-11-15(17,6)8-2/h13,16H,7-12H2,1-6H3. The molecule has 0 aliphatic carbocycles. The van der Waals surface area contributed by atoms with Gasteiger partial charge in [-0.2, -0.15) is 0 Å². The zero-order chi connectivity index (χ0) is 13.1. The van der Waals surface area contributed by atoms with Crippen molar-refractivity contribution in [3.05, 3.63) is 0 Å². The molecule has 2 unspecified atom stereocenters. The summed E-state index contributed by atoms with van der Waals surface area (Å²) in [6.45, 7) is 17.6. The van der Waals surface area contributed by atoms with Gasteiger partial charge in [-0.15, -0.1) is 0 Å². The Bertz CT molecular complexity index is 237. The quantitative estimate of drug-likeness (QED) is 0.793. The number of hydrogen-bond donors (Lipinski definition) is 1. The highest BCUT2D eigenvalue weighted by atomic mass is 15.3. The SMILES string of the molecule is CCCC(C)CN1CC(C)(C)NCC1(C)CC. The van der Waals surface area contributed by atoms with Crippen molar-refractivity contribution in [2.24, 2.45) is 5.92 Å². The van der Waals surface area contributed by atoms with Crippen molar-refractivity contribution in [1.82, 2.24) is 10.2 Å². The Labute approximate surface area is 108 Å². The van der Waals surface area contributed by atoms with Crippen molar-refractivity contribution >= 4 is 0 Å². The van der Waals surface area contributed by atoms with Crippen LogP contribution in [-0.2, 0) is 0 Å². The highest BCUT2D eigenvalue weighted by Gasteiger charge is 2.39. The van der Waals surface area contributed by atoms with E-state index in [9.17, 15) is 0 Å². The van der Waals surface area contributed by atoms with E-state index >= 15 is 0 Å². The van der Waals surface area contributed by atoms with E-state index < -0.39 is 0 Å². The minimum Gasteiger partial charge on any atom is -0.309 e. The predicted molar refractivity (Wildman–Crippen MR) is 76.4 cm³/mol. The van der Waals surface area contributed by atoms with Crippen LogP contribution in [0.3, 0.4) is 0 Å². The minimum atomic E-state index is 0.264. The van der Waals surface area contributed by atoms with Crippen LogP contribution in [-0.4, -0.2) is 35.6 Å². The first-order valence-corrected chi connectivity index (χ1v) is 7.33. The fourth-order valence-electron chi connectivity index (χ4n) is 2.86. The molecular weight excluding hydrogens is 208 g/mol. The van der Waals surface area contributed by atoms with E-state index in [0.29, 0.717) is 5.54 Å². The molecule has 1 saturated heterocycles. The van der Waals surface area contributed by atoms with Crippen molar-refractivity contribution in [3.63, 3.8) is 0 Å². The average Bonchev–Trinajstić information content (AvgIpc) is 2.24. The number of nitrogens with zero attached hydrogens (tertiary/aromatic N) is 1. The zero-order valence-corrected chi connectivity index (χ0v) is 12.8. The lowest BCUT2D eigenvalue weighted by Gasteiger charge is -2.52. The zero-order valence-electron chi connectivity index (χ0n) is 12.8. The summed E-state index contributed by atoms with van der Waals surface area (Å²) in [5, 5.41) is 3.69. The van der Waals surface area contributed by atoms with Crippen LogP contribution in [0, 0.1) is 5.92 Å². The molecule has 0 amide bonds. The Hall–Kier alpha value is -0.0800. The van der Waals surface area contributed by atoms with Crippen molar-refractivity contribution in [1.29, 1.82) is 0 Å². The van der Waals surface area contributed by atoms with Gasteiger partial charge in [0.05, 0.1) is 0 Å². The van der Waals surface area contributed by atoms with Crippen LogP contribution < -0.4 is 5.32 Å². The third-order valence-electron chi connectivity index (χ3n) is 4.37. The van der Waals surface area contributed by atoms with Gasteiger partial charge in [-0.1, -0.05) is 27.2 Å². The van der Waals surface area contributed by atoms with E-state index in [-0.39, 0.29) is 5.54 Å². The van der Waals surface area contributed by atoms with Crippen molar-refractivity contribution < 1.29 is 0 Å². The van der Waals surface area contributed by atoms with Gasteiger partial charge >= 0.3 is 0 Å². The van der Waals surface area contributed by atoms with E-state index in [1.165, 1.54) is 32.4 Å². The Morgan fingerprint density at radius 1 is 1.24 bits per heavy atom. The Kier molecular flexibility index (Phi) is 5.03. The van der Waals surface area contributed by atoms with Gasteiger partial charge in [0.2, 0.25) is 0 Å². The lowest BCUT2D eigenvalue weighted by Crippen LogP contribution is -2.67. The first-order valence-electron chi connectivity index (χ1n) is 7.33. The molecule has 102 valence electrons. The molecule has 2 atom stereocenters. The molecule has 1 fully saturated rings. The third-order valence-corrected chi connectivity index (χ3v) is 4.37. The molecule has 0 saturated carbocycles. The molecule has 17 heavy (non-hydrogen) atoms. The maximum absolute atomic E-state index is 3.69. The Morgan fingerprint density at radius 2 is 1.88 bits per heavy atom. The van der Waals surface area contributed by atoms with Crippen LogP contribution >= 0.6 is 0 Å². The summed E-state index contributed by atoms with van der Waals surface area (Å²) < 4.78 is 0. The second kappa shape index (κ2) is 5.71. The second-order valence-electron chi connectivity index (χ2n) is 6.86. The molecule has 1 N–H and O–H groups in total. The maximum Gasteiger partial charge on any atom is 0.0304 e. The first-order chi connectivity index (χ1) is 7.83. The smallest absolute Gasteiger partial charge is 0.0304 e. The molecule has 1 aliphatic rings. The van der Waals surface area contributed by atoms with Gasteiger partial charge in [0, 0.05) is 30.7 Å². The van der Waals surface area contributed by atoms with Crippen molar-refractivity contribution in [2.45, 2.75) is 71.9 Å². The molecule has 0 aromatic rings. The molecule has 1 heterocycles. The maximum atomic E-state index is 3.69.